The molecule has 0 saturated carbocycles. The van der Waals surface area contributed by atoms with E-state index in [0.717, 1.165) is 28.7 Å². The van der Waals surface area contributed by atoms with Gasteiger partial charge in [-0.25, -0.2) is 4.79 Å². The Kier molecular flexibility index (Phi) is 4.49. The van der Waals surface area contributed by atoms with E-state index in [9.17, 15) is 4.79 Å². The summed E-state index contributed by atoms with van der Waals surface area (Å²) in [6.07, 6.45) is 2.50. The number of carbonyl (C=O) groups excluding carboxylic acids is 1. The average molecular weight is 281 g/mol. The standard InChI is InChI=1S/C16H16BNO3/c1-3-10(2)14-8-12-5-4-11(7-15(12)20-14)6-13(9-18)16(19)21-17/h4-8,10H,3,17H2,1-2H3/b13-6-. The fourth-order valence-corrected chi connectivity index (χ4v) is 2.02. The summed E-state index contributed by atoms with van der Waals surface area (Å²) >= 11 is 0. The first-order valence-corrected chi connectivity index (χ1v) is 6.82. The summed E-state index contributed by atoms with van der Waals surface area (Å²) in [4.78, 5) is 11.4. The number of carbonyl (C=O) groups is 1. The van der Waals surface area contributed by atoms with Crippen molar-refractivity contribution in [2.24, 2.45) is 0 Å². The van der Waals surface area contributed by atoms with E-state index in [1.165, 1.54) is 14.1 Å². The molecule has 2 aromatic rings. The SMILES string of the molecule is BOC(=O)/C(C#N)=C\c1ccc2cc(C(C)CC)oc2c1. The highest BCUT2D eigenvalue weighted by atomic mass is 16.5. The molecule has 106 valence electrons. The Balaban J connectivity index is 2.41. The molecule has 0 aliphatic rings. The first-order valence-electron chi connectivity index (χ1n) is 6.82. The third kappa shape index (κ3) is 3.17. The van der Waals surface area contributed by atoms with Gasteiger partial charge in [0.25, 0.3) is 0 Å². The Morgan fingerprint density at radius 3 is 2.90 bits per heavy atom. The van der Waals surface area contributed by atoms with Crippen LogP contribution in [0.3, 0.4) is 0 Å². The highest BCUT2D eigenvalue weighted by Crippen LogP contribution is 2.28. The molecule has 1 atom stereocenters. The van der Waals surface area contributed by atoms with Crippen LogP contribution in [-0.4, -0.2) is 14.0 Å². The minimum Gasteiger partial charge on any atom is -0.539 e. The number of nitrogens with zero attached hydrogens (tertiary/aromatic N) is 1. The van der Waals surface area contributed by atoms with Crippen molar-refractivity contribution in [1.82, 2.24) is 0 Å². The lowest BCUT2D eigenvalue weighted by atomic mass is 10.1. The zero-order valence-corrected chi connectivity index (χ0v) is 12.3. The fourth-order valence-electron chi connectivity index (χ4n) is 2.02. The van der Waals surface area contributed by atoms with Crippen LogP contribution >= 0.6 is 0 Å². The summed E-state index contributed by atoms with van der Waals surface area (Å²) < 4.78 is 10.4. The minimum atomic E-state index is -0.641. The lowest BCUT2D eigenvalue weighted by Gasteiger charge is -2.01. The number of rotatable bonds is 4. The van der Waals surface area contributed by atoms with Crippen molar-refractivity contribution in [3.63, 3.8) is 0 Å². The number of furan rings is 1. The van der Waals surface area contributed by atoms with Gasteiger partial charge in [0, 0.05) is 11.3 Å². The lowest BCUT2D eigenvalue weighted by Crippen LogP contribution is -2.03. The van der Waals surface area contributed by atoms with Crippen LogP contribution in [0.1, 0.15) is 37.5 Å². The molecule has 0 spiro atoms. The van der Waals surface area contributed by atoms with Gasteiger partial charge in [0.2, 0.25) is 0 Å². The zero-order valence-electron chi connectivity index (χ0n) is 12.3. The zero-order chi connectivity index (χ0) is 15.4. The molecule has 0 amide bonds. The van der Waals surface area contributed by atoms with Crippen LogP contribution in [0.4, 0.5) is 0 Å². The highest BCUT2D eigenvalue weighted by Gasteiger charge is 2.11. The molecule has 1 aromatic heterocycles. The predicted octanol–water partition coefficient (Wildman–Crippen LogP) is 2.94. The van der Waals surface area contributed by atoms with Gasteiger partial charge in [0.15, 0.2) is 0 Å². The highest BCUT2D eigenvalue weighted by molar-refractivity contribution is 6.11. The Morgan fingerprint density at radius 1 is 1.52 bits per heavy atom. The van der Waals surface area contributed by atoms with Gasteiger partial charge in [-0.2, -0.15) is 5.26 Å². The second kappa shape index (κ2) is 6.32. The molecule has 5 heteroatoms. The van der Waals surface area contributed by atoms with Gasteiger partial charge in [0.05, 0.1) is 0 Å². The molecule has 0 N–H and O–H groups in total. The smallest absolute Gasteiger partial charge is 0.330 e. The molecular weight excluding hydrogens is 265 g/mol. The van der Waals surface area contributed by atoms with E-state index in [2.05, 4.69) is 18.5 Å². The molecule has 4 nitrogen and oxygen atoms in total. The molecule has 0 bridgehead atoms. The van der Waals surface area contributed by atoms with E-state index >= 15 is 0 Å². The molecule has 0 saturated heterocycles. The maximum absolute atomic E-state index is 11.4. The van der Waals surface area contributed by atoms with Gasteiger partial charge in [-0.05, 0) is 30.2 Å². The van der Waals surface area contributed by atoms with Gasteiger partial charge in [-0.3, -0.25) is 0 Å². The lowest BCUT2D eigenvalue weighted by molar-refractivity contribution is -0.129. The normalized spacial score (nSPS) is 12.9. The molecule has 21 heavy (non-hydrogen) atoms. The van der Waals surface area contributed by atoms with Crippen LogP contribution in [0.25, 0.3) is 17.0 Å². The Hall–Kier alpha value is -2.48. The summed E-state index contributed by atoms with van der Waals surface area (Å²) in [5, 5.41) is 9.98. The number of benzene rings is 1. The first-order chi connectivity index (χ1) is 10.1. The minimum absolute atomic E-state index is 0.0365. The second-order valence-electron chi connectivity index (χ2n) is 4.92. The summed E-state index contributed by atoms with van der Waals surface area (Å²) in [5.74, 6) is 0.667. The molecular formula is C16H16BNO3. The van der Waals surface area contributed by atoms with Gasteiger partial charge >= 0.3 is 14.0 Å². The molecule has 1 unspecified atom stereocenters. The predicted molar refractivity (Wildman–Crippen MR) is 83.1 cm³/mol. The number of fused-ring (bicyclic) bond motifs is 1. The first kappa shape index (κ1) is 14.9. The van der Waals surface area contributed by atoms with Gasteiger partial charge in [-0.15, -0.1) is 0 Å². The number of nitriles is 1. The molecule has 0 fully saturated rings. The van der Waals surface area contributed by atoms with E-state index < -0.39 is 5.97 Å². The Bertz CT molecular complexity index is 740. The summed E-state index contributed by atoms with van der Waals surface area (Å²) in [5.41, 5.74) is 1.45. The van der Waals surface area contributed by atoms with Crippen LogP contribution in [0, 0.1) is 11.3 Å². The maximum atomic E-state index is 11.4. The van der Waals surface area contributed by atoms with Crippen molar-refractivity contribution in [1.29, 1.82) is 5.26 Å². The van der Waals surface area contributed by atoms with Crippen molar-refractivity contribution < 1.29 is 13.9 Å². The fraction of sp³-hybridized carbons (Fsp3) is 0.250. The number of hydrogen-bond acceptors (Lipinski definition) is 4. The maximum Gasteiger partial charge on any atom is 0.330 e. The van der Waals surface area contributed by atoms with Crippen LogP contribution in [0.15, 0.2) is 34.3 Å². The average Bonchev–Trinajstić information content (AvgIpc) is 2.94. The Morgan fingerprint density at radius 2 is 2.29 bits per heavy atom. The quantitative estimate of drug-likeness (QED) is 0.491. The van der Waals surface area contributed by atoms with E-state index in [1.54, 1.807) is 0 Å². The van der Waals surface area contributed by atoms with Gasteiger partial charge in [-0.1, -0.05) is 26.0 Å². The third-order valence-corrected chi connectivity index (χ3v) is 3.50. The monoisotopic (exact) mass is 281 g/mol. The van der Waals surface area contributed by atoms with Crippen LogP contribution in [0.2, 0.25) is 0 Å². The summed E-state index contributed by atoms with van der Waals surface area (Å²) in [6.45, 7) is 4.23. The van der Waals surface area contributed by atoms with Crippen molar-refractivity contribution in [3.8, 4) is 6.07 Å². The summed E-state index contributed by atoms with van der Waals surface area (Å²) in [7, 11) is 1.25. The second-order valence-corrected chi connectivity index (χ2v) is 4.92. The molecule has 0 radical (unpaired) electrons. The molecule has 0 aliphatic carbocycles. The van der Waals surface area contributed by atoms with E-state index in [4.69, 9.17) is 9.68 Å². The Labute approximate surface area is 124 Å². The molecule has 0 aliphatic heterocycles. The third-order valence-electron chi connectivity index (χ3n) is 3.50. The van der Waals surface area contributed by atoms with Gasteiger partial charge < -0.3 is 9.07 Å². The largest absolute Gasteiger partial charge is 0.539 e. The van der Waals surface area contributed by atoms with Crippen LogP contribution in [0.5, 0.6) is 0 Å². The van der Waals surface area contributed by atoms with Crippen molar-refractivity contribution >= 4 is 31.1 Å². The van der Waals surface area contributed by atoms with Crippen LogP contribution < -0.4 is 0 Å². The van der Waals surface area contributed by atoms with E-state index in [-0.39, 0.29) is 5.57 Å². The molecule has 1 aromatic carbocycles. The van der Waals surface area contributed by atoms with Crippen molar-refractivity contribution in [3.05, 3.63) is 41.2 Å². The molecule has 1 heterocycles. The molecule has 2 rings (SSSR count). The summed E-state index contributed by atoms with van der Waals surface area (Å²) in [6, 6.07) is 9.45. The van der Waals surface area contributed by atoms with Crippen LogP contribution in [-0.2, 0) is 9.45 Å². The van der Waals surface area contributed by atoms with Gasteiger partial charge in [0.1, 0.15) is 23.0 Å². The van der Waals surface area contributed by atoms with E-state index in [1.807, 2.05) is 30.3 Å². The van der Waals surface area contributed by atoms with Crippen molar-refractivity contribution in [2.45, 2.75) is 26.2 Å². The van der Waals surface area contributed by atoms with Crippen molar-refractivity contribution in [2.75, 3.05) is 0 Å². The van der Waals surface area contributed by atoms with E-state index in [0.29, 0.717) is 5.92 Å². The number of hydrogen-bond donors (Lipinski definition) is 0. The topological polar surface area (TPSA) is 63.2 Å².